The summed E-state index contributed by atoms with van der Waals surface area (Å²) in [5.74, 6) is 0.601. The van der Waals surface area contributed by atoms with Crippen molar-refractivity contribution >= 4 is 21.7 Å². The Morgan fingerprint density at radius 1 is 1.21 bits per heavy atom. The molecule has 1 fully saturated rings. The lowest BCUT2D eigenvalue weighted by atomic mass is 10.3. The maximum atomic E-state index is 11.9. The van der Waals surface area contributed by atoms with Gasteiger partial charge < -0.3 is 15.4 Å². The first-order valence-electron chi connectivity index (χ1n) is 7.75. The quantitative estimate of drug-likeness (QED) is 0.770. The number of hydrogen-bond donors (Lipinski definition) is 2. The standard InChI is InChI=1S/C15H24N4O4S/c1-23-14-6-4-3-5-13(14)17-15(20)16-7-8-18-9-11-19(12-10-18)24(2,21)22/h3-6H,7-12H2,1-2H3,(H2,16,17,20). The third-order valence-electron chi connectivity index (χ3n) is 3.87. The molecule has 2 amide bonds. The molecule has 0 spiro atoms. The van der Waals surface area contributed by atoms with Crippen molar-refractivity contribution in [2.24, 2.45) is 0 Å². The molecule has 0 aliphatic carbocycles. The molecule has 0 radical (unpaired) electrons. The van der Waals surface area contributed by atoms with E-state index in [4.69, 9.17) is 4.74 Å². The van der Waals surface area contributed by atoms with Crippen molar-refractivity contribution in [3.05, 3.63) is 24.3 Å². The zero-order valence-electron chi connectivity index (χ0n) is 14.0. The number of benzene rings is 1. The SMILES string of the molecule is COc1ccccc1NC(=O)NCCN1CCN(S(C)(=O)=O)CC1. The molecule has 1 aliphatic heterocycles. The fourth-order valence-electron chi connectivity index (χ4n) is 2.53. The first kappa shape index (κ1) is 18.5. The minimum absolute atomic E-state index is 0.297. The summed E-state index contributed by atoms with van der Waals surface area (Å²) in [7, 11) is -1.56. The second-order valence-electron chi connectivity index (χ2n) is 5.58. The topological polar surface area (TPSA) is 91.0 Å². The van der Waals surface area contributed by atoms with Crippen LogP contribution in [0.5, 0.6) is 5.75 Å². The molecule has 1 aromatic rings. The lowest BCUT2D eigenvalue weighted by Gasteiger charge is -2.33. The molecule has 24 heavy (non-hydrogen) atoms. The van der Waals surface area contributed by atoms with Gasteiger partial charge in [-0.15, -0.1) is 0 Å². The highest BCUT2D eigenvalue weighted by Gasteiger charge is 2.22. The van der Waals surface area contributed by atoms with E-state index in [0.29, 0.717) is 50.7 Å². The molecule has 0 saturated carbocycles. The molecule has 1 saturated heterocycles. The number of carbonyl (C=O) groups excluding carboxylic acids is 1. The number of hydrogen-bond acceptors (Lipinski definition) is 5. The van der Waals surface area contributed by atoms with Crippen LogP contribution in [0.2, 0.25) is 0 Å². The van der Waals surface area contributed by atoms with E-state index in [0.717, 1.165) is 0 Å². The van der Waals surface area contributed by atoms with Crippen LogP contribution >= 0.6 is 0 Å². The van der Waals surface area contributed by atoms with Gasteiger partial charge in [-0.1, -0.05) is 12.1 Å². The Hall–Kier alpha value is -1.84. The number of nitrogens with zero attached hydrogens (tertiary/aromatic N) is 2. The third kappa shape index (κ3) is 5.36. The largest absolute Gasteiger partial charge is 0.495 e. The van der Waals surface area contributed by atoms with Gasteiger partial charge in [0.25, 0.3) is 0 Å². The van der Waals surface area contributed by atoms with Gasteiger partial charge >= 0.3 is 6.03 Å². The number of carbonyl (C=O) groups is 1. The molecule has 1 aromatic carbocycles. The average Bonchev–Trinajstić information content (AvgIpc) is 2.55. The van der Waals surface area contributed by atoms with Crippen LogP contribution in [0, 0.1) is 0 Å². The van der Waals surface area contributed by atoms with Gasteiger partial charge in [-0.3, -0.25) is 4.90 Å². The number of piperazine rings is 1. The minimum Gasteiger partial charge on any atom is -0.495 e. The number of rotatable bonds is 6. The highest BCUT2D eigenvalue weighted by molar-refractivity contribution is 7.88. The predicted molar refractivity (Wildman–Crippen MR) is 92.9 cm³/mol. The number of anilines is 1. The van der Waals surface area contributed by atoms with Gasteiger partial charge in [0.2, 0.25) is 10.0 Å². The van der Waals surface area contributed by atoms with E-state index in [1.54, 1.807) is 19.2 Å². The molecular formula is C15H24N4O4S. The van der Waals surface area contributed by atoms with Crippen LogP contribution < -0.4 is 15.4 Å². The number of ether oxygens (including phenoxy) is 1. The molecule has 2 rings (SSSR count). The van der Waals surface area contributed by atoms with Crippen LogP contribution in [-0.4, -0.2) is 76.3 Å². The summed E-state index contributed by atoms with van der Waals surface area (Å²) >= 11 is 0. The van der Waals surface area contributed by atoms with Crippen molar-refractivity contribution < 1.29 is 17.9 Å². The molecule has 0 bridgehead atoms. The van der Waals surface area contributed by atoms with Crippen molar-refractivity contribution in [3.63, 3.8) is 0 Å². The zero-order valence-corrected chi connectivity index (χ0v) is 14.8. The first-order chi connectivity index (χ1) is 11.4. The number of para-hydroxylation sites is 2. The Kier molecular flexibility index (Phi) is 6.41. The molecule has 0 unspecified atom stereocenters. The van der Waals surface area contributed by atoms with E-state index in [2.05, 4.69) is 15.5 Å². The van der Waals surface area contributed by atoms with Crippen LogP contribution in [0.3, 0.4) is 0 Å². The van der Waals surface area contributed by atoms with Gasteiger partial charge in [0.1, 0.15) is 5.75 Å². The van der Waals surface area contributed by atoms with Crippen molar-refractivity contribution in [3.8, 4) is 5.75 Å². The minimum atomic E-state index is -3.11. The highest BCUT2D eigenvalue weighted by atomic mass is 32.2. The molecule has 1 aliphatic rings. The Morgan fingerprint density at radius 3 is 2.50 bits per heavy atom. The van der Waals surface area contributed by atoms with E-state index in [1.807, 2.05) is 12.1 Å². The summed E-state index contributed by atoms with van der Waals surface area (Å²) in [6.07, 6.45) is 1.23. The van der Waals surface area contributed by atoms with Crippen molar-refractivity contribution in [1.82, 2.24) is 14.5 Å². The molecule has 1 heterocycles. The van der Waals surface area contributed by atoms with Gasteiger partial charge in [0.05, 0.1) is 19.1 Å². The van der Waals surface area contributed by atoms with Gasteiger partial charge in [0, 0.05) is 39.3 Å². The van der Waals surface area contributed by atoms with E-state index >= 15 is 0 Å². The number of methoxy groups -OCH3 is 1. The molecule has 0 atom stereocenters. The van der Waals surface area contributed by atoms with Crippen LogP contribution in [0.4, 0.5) is 10.5 Å². The lowest BCUT2D eigenvalue weighted by Crippen LogP contribution is -2.50. The Morgan fingerprint density at radius 2 is 1.88 bits per heavy atom. The van der Waals surface area contributed by atoms with Crippen LogP contribution in [0.1, 0.15) is 0 Å². The van der Waals surface area contributed by atoms with Crippen molar-refractivity contribution in [2.75, 3.05) is 58.0 Å². The van der Waals surface area contributed by atoms with Crippen LogP contribution in [-0.2, 0) is 10.0 Å². The fourth-order valence-corrected chi connectivity index (χ4v) is 3.35. The Bertz CT molecular complexity index is 657. The number of amides is 2. The van der Waals surface area contributed by atoms with Crippen LogP contribution in [0.25, 0.3) is 0 Å². The molecule has 9 heteroatoms. The molecule has 0 aromatic heterocycles. The maximum absolute atomic E-state index is 11.9. The maximum Gasteiger partial charge on any atom is 0.319 e. The zero-order chi connectivity index (χ0) is 17.6. The second kappa shape index (κ2) is 8.32. The predicted octanol–water partition coefficient (Wildman–Crippen LogP) is 0.394. The van der Waals surface area contributed by atoms with Crippen molar-refractivity contribution in [2.45, 2.75) is 0 Å². The molecular weight excluding hydrogens is 332 g/mol. The second-order valence-corrected chi connectivity index (χ2v) is 7.57. The van der Waals surface area contributed by atoms with Gasteiger partial charge in [-0.25, -0.2) is 13.2 Å². The normalized spacial score (nSPS) is 16.6. The third-order valence-corrected chi connectivity index (χ3v) is 5.17. The molecule has 8 nitrogen and oxygen atoms in total. The monoisotopic (exact) mass is 356 g/mol. The summed E-state index contributed by atoms with van der Waals surface area (Å²) in [6.45, 7) is 3.49. The fraction of sp³-hybridized carbons (Fsp3) is 0.533. The smallest absolute Gasteiger partial charge is 0.319 e. The summed E-state index contributed by atoms with van der Waals surface area (Å²) in [4.78, 5) is 14.1. The van der Waals surface area contributed by atoms with E-state index in [1.165, 1.54) is 10.6 Å². The van der Waals surface area contributed by atoms with Gasteiger partial charge in [-0.05, 0) is 12.1 Å². The van der Waals surface area contributed by atoms with E-state index in [9.17, 15) is 13.2 Å². The van der Waals surface area contributed by atoms with Crippen molar-refractivity contribution in [1.29, 1.82) is 0 Å². The Balaban J connectivity index is 1.70. The van der Waals surface area contributed by atoms with Gasteiger partial charge in [0.15, 0.2) is 0 Å². The van der Waals surface area contributed by atoms with E-state index < -0.39 is 10.0 Å². The summed E-state index contributed by atoms with van der Waals surface area (Å²) in [5, 5.41) is 5.54. The summed E-state index contributed by atoms with van der Waals surface area (Å²) < 4.78 is 29.6. The molecule has 134 valence electrons. The number of nitrogens with one attached hydrogen (secondary N) is 2. The molecule has 2 N–H and O–H groups in total. The summed E-state index contributed by atoms with van der Waals surface area (Å²) in [6, 6.07) is 6.89. The Labute approximate surface area is 142 Å². The van der Waals surface area contributed by atoms with E-state index in [-0.39, 0.29) is 6.03 Å². The summed E-state index contributed by atoms with van der Waals surface area (Å²) in [5.41, 5.74) is 0.610. The average molecular weight is 356 g/mol. The number of sulfonamides is 1. The highest BCUT2D eigenvalue weighted by Crippen LogP contribution is 2.22. The lowest BCUT2D eigenvalue weighted by molar-refractivity contribution is 0.189. The number of urea groups is 1. The van der Waals surface area contributed by atoms with Crippen LogP contribution in [0.15, 0.2) is 24.3 Å². The van der Waals surface area contributed by atoms with Gasteiger partial charge in [-0.2, -0.15) is 4.31 Å². The first-order valence-corrected chi connectivity index (χ1v) is 9.60.